The van der Waals surface area contributed by atoms with E-state index in [0.717, 1.165) is 44.9 Å². The van der Waals surface area contributed by atoms with Gasteiger partial charge in [0.25, 0.3) is 0 Å². The molecule has 0 radical (unpaired) electrons. The highest BCUT2D eigenvalue weighted by molar-refractivity contribution is 5.08. The molecule has 0 saturated heterocycles. The lowest BCUT2D eigenvalue weighted by Crippen LogP contribution is -2.52. The zero-order valence-electron chi connectivity index (χ0n) is 17.4. The van der Waals surface area contributed by atoms with E-state index in [1.165, 1.54) is 12.8 Å². The van der Waals surface area contributed by atoms with E-state index in [0.29, 0.717) is 35.5 Å². The normalized spacial score (nSPS) is 44.8. The maximum atomic E-state index is 13.3. The fourth-order valence-corrected chi connectivity index (χ4v) is 7.98. The lowest BCUT2D eigenvalue weighted by Gasteiger charge is -2.59. The second-order valence-corrected chi connectivity index (χ2v) is 10.4. The largest absolute Gasteiger partial charge is 0.389 e. The highest BCUT2D eigenvalue weighted by Gasteiger charge is 2.59. The van der Waals surface area contributed by atoms with E-state index in [9.17, 15) is 17.6 Å². The third-order valence-electron chi connectivity index (χ3n) is 9.21. The molecule has 0 heterocycles. The number of alkyl halides is 4. The van der Waals surface area contributed by atoms with Crippen LogP contribution in [0, 0.1) is 40.4 Å². The Morgan fingerprint density at radius 3 is 2.26 bits per heavy atom. The van der Waals surface area contributed by atoms with E-state index in [1.54, 1.807) is 0 Å². The minimum absolute atomic E-state index is 0.175. The van der Waals surface area contributed by atoms with Gasteiger partial charge in [0.15, 0.2) is 0 Å². The summed E-state index contributed by atoms with van der Waals surface area (Å²) in [4.78, 5) is 0. The van der Waals surface area contributed by atoms with Gasteiger partial charge in [0.2, 0.25) is 0 Å². The number of fused-ring (bicyclic) bond motifs is 3. The van der Waals surface area contributed by atoms with E-state index in [2.05, 4.69) is 20.8 Å². The monoisotopic (exact) mass is 390 g/mol. The van der Waals surface area contributed by atoms with Gasteiger partial charge in [-0.3, -0.25) is 4.39 Å². The molecule has 0 spiro atoms. The number of hydrogen-bond donors (Lipinski definition) is 0. The summed E-state index contributed by atoms with van der Waals surface area (Å²) in [6.45, 7) is 6.50. The average molecular weight is 391 g/mol. The van der Waals surface area contributed by atoms with Gasteiger partial charge in [0.1, 0.15) is 0 Å². The van der Waals surface area contributed by atoms with Crippen LogP contribution in [0.3, 0.4) is 0 Å². The Hall–Kier alpha value is -0.280. The van der Waals surface area contributed by atoms with E-state index < -0.39 is 12.6 Å². The predicted molar refractivity (Wildman–Crippen MR) is 102 cm³/mol. The van der Waals surface area contributed by atoms with E-state index in [-0.39, 0.29) is 18.0 Å². The van der Waals surface area contributed by atoms with Crippen LogP contribution in [0.1, 0.15) is 91.4 Å². The second kappa shape index (κ2) is 7.86. The minimum Gasteiger partial charge on any atom is -0.251 e. The van der Waals surface area contributed by atoms with Gasteiger partial charge in [-0.05, 0) is 98.2 Å². The van der Waals surface area contributed by atoms with Gasteiger partial charge in [0, 0.05) is 6.42 Å². The van der Waals surface area contributed by atoms with Crippen molar-refractivity contribution in [3.8, 4) is 0 Å². The zero-order valence-corrected chi connectivity index (χ0v) is 17.4. The highest BCUT2D eigenvalue weighted by Crippen LogP contribution is 2.67. The molecular weight excluding hydrogens is 352 g/mol. The third-order valence-corrected chi connectivity index (χ3v) is 9.21. The molecule has 0 aromatic rings. The molecule has 3 aliphatic rings. The molecule has 7 unspecified atom stereocenters. The summed E-state index contributed by atoms with van der Waals surface area (Å²) in [5, 5.41) is 0. The van der Waals surface area contributed by atoms with Gasteiger partial charge >= 0.3 is 6.18 Å². The summed E-state index contributed by atoms with van der Waals surface area (Å²) < 4.78 is 52.5. The van der Waals surface area contributed by atoms with Crippen LogP contribution in [0.15, 0.2) is 0 Å². The van der Waals surface area contributed by atoms with E-state index in [1.807, 2.05) is 0 Å². The molecule has 0 aromatic carbocycles. The van der Waals surface area contributed by atoms with Crippen LogP contribution >= 0.6 is 0 Å². The Morgan fingerprint density at radius 1 is 0.926 bits per heavy atom. The molecule has 0 amide bonds. The minimum atomic E-state index is -4.06. The molecule has 3 aliphatic carbocycles. The van der Waals surface area contributed by atoms with Gasteiger partial charge in [0.05, 0.1) is 6.67 Å². The maximum Gasteiger partial charge on any atom is 0.389 e. The third kappa shape index (κ3) is 3.92. The topological polar surface area (TPSA) is 0 Å². The van der Waals surface area contributed by atoms with E-state index >= 15 is 0 Å². The summed E-state index contributed by atoms with van der Waals surface area (Å²) in [5.41, 5.74) is 0.117. The van der Waals surface area contributed by atoms with Gasteiger partial charge < -0.3 is 0 Å². The predicted octanol–water partition coefficient (Wildman–Crippen LogP) is 7.96. The van der Waals surface area contributed by atoms with Crippen molar-refractivity contribution < 1.29 is 17.6 Å². The van der Waals surface area contributed by atoms with Crippen molar-refractivity contribution >= 4 is 0 Å². The summed E-state index contributed by atoms with van der Waals surface area (Å²) in [5.74, 6) is 2.07. The van der Waals surface area contributed by atoms with Crippen molar-refractivity contribution in [1.82, 2.24) is 0 Å². The van der Waals surface area contributed by atoms with Crippen molar-refractivity contribution in [3.05, 3.63) is 0 Å². The van der Waals surface area contributed by atoms with E-state index in [4.69, 9.17) is 0 Å². The standard InChI is InChI=1S/C23H38F4/c1-4-12-21(2)17(15-23(25,26)27)7-9-18-19-10-8-16(6-5-14-24)22(19,3)13-11-20(18)21/h16-20H,4-15H2,1-3H3. The van der Waals surface area contributed by atoms with Gasteiger partial charge in [-0.1, -0.05) is 27.2 Å². The van der Waals surface area contributed by atoms with Crippen molar-refractivity contribution in [1.29, 1.82) is 0 Å². The first-order chi connectivity index (χ1) is 12.7. The summed E-state index contributed by atoms with van der Waals surface area (Å²) in [7, 11) is 0. The van der Waals surface area contributed by atoms with Crippen LogP contribution in [0.4, 0.5) is 17.6 Å². The molecular formula is C23H38F4. The van der Waals surface area contributed by atoms with Crippen LogP contribution < -0.4 is 0 Å². The molecule has 0 nitrogen and oxygen atoms in total. The highest BCUT2D eigenvalue weighted by atomic mass is 19.4. The molecule has 0 aromatic heterocycles. The first-order valence-corrected chi connectivity index (χ1v) is 11.3. The molecule has 3 fully saturated rings. The zero-order chi connectivity index (χ0) is 19.9. The maximum absolute atomic E-state index is 13.3. The Labute approximate surface area is 162 Å². The molecule has 4 heteroatoms. The lowest BCUT2D eigenvalue weighted by molar-refractivity contribution is -0.177. The summed E-state index contributed by atoms with van der Waals surface area (Å²) in [6.07, 6.45) is 5.21. The lowest BCUT2D eigenvalue weighted by atomic mass is 9.46. The fourth-order valence-electron chi connectivity index (χ4n) is 7.98. The molecule has 0 N–H and O–H groups in total. The Bertz CT molecular complexity index is 501. The molecule has 158 valence electrons. The average Bonchev–Trinajstić information content (AvgIpc) is 2.91. The molecule has 3 rings (SSSR count). The smallest absolute Gasteiger partial charge is 0.251 e. The van der Waals surface area contributed by atoms with Crippen molar-refractivity contribution in [2.45, 2.75) is 97.6 Å². The molecule has 27 heavy (non-hydrogen) atoms. The van der Waals surface area contributed by atoms with Crippen molar-refractivity contribution in [3.63, 3.8) is 0 Å². The summed E-state index contributed by atoms with van der Waals surface area (Å²) >= 11 is 0. The molecule has 0 aliphatic heterocycles. The van der Waals surface area contributed by atoms with Crippen molar-refractivity contribution in [2.75, 3.05) is 6.67 Å². The first-order valence-electron chi connectivity index (χ1n) is 11.3. The van der Waals surface area contributed by atoms with Crippen LogP contribution in [-0.4, -0.2) is 12.9 Å². The number of rotatable bonds is 6. The first kappa shape index (κ1) is 21.4. The van der Waals surface area contributed by atoms with Gasteiger partial charge in [-0.25, -0.2) is 0 Å². The van der Waals surface area contributed by atoms with Crippen LogP contribution in [-0.2, 0) is 0 Å². The van der Waals surface area contributed by atoms with Crippen molar-refractivity contribution in [2.24, 2.45) is 40.4 Å². The second-order valence-electron chi connectivity index (χ2n) is 10.4. The molecule has 3 saturated carbocycles. The Kier molecular flexibility index (Phi) is 6.24. The van der Waals surface area contributed by atoms with Gasteiger partial charge in [-0.15, -0.1) is 0 Å². The molecule has 7 atom stereocenters. The number of halogens is 4. The van der Waals surface area contributed by atoms with Crippen LogP contribution in [0.5, 0.6) is 0 Å². The SMILES string of the molecule is CCCC1(C)C(CC(F)(F)F)CCC2C3CCC(CCCF)C3(C)CCC21. The Balaban J connectivity index is 1.82. The Morgan fingerprint density at radius 2 is 1.63 bits per heavy atom. The van der Waals surface area contributed by atoms with Gasteiger partial charge in [-0.2, -0.15) is 13.2 Å². The fraction of sp³-hybridized carbons (Fsp3) is 1.00. The quantitative estimate of drug-likeness (QED) is 0.403. The molecule has 0 bridgehead atoms. The summed E-state index contributed by atoms with van der Waals surface area (Å²) in [6, 6.07) is 0. The number of hydrogen-bond acceptors (Lipinski definition) is 0. The van der Waals surface area contributed by atoms with Crippen LogP contribution in [0.2, 0.25) is 0 Å². The van der Waals surface area contributed by atoms with Crippen LogP contribution in [0.25, 0.3) is 0 Å².